The third-order valence-corrected chi connectivity index (χ3v) is 3.68. The normalized spacial score (nSPS) is 10.6. The van der Waals surface area contributed by atoms with E-state index >= 15 is 0 Å². The fraction of sp³-hybridized carbons (Fsp3) is 0.158. The maximum Gasteiger partial charge on any atom is 0.251 e. The molecular weight excluding hydrogens is 342 g/mol. The number of rotatable bonds is 6. The molecule has 7 heteroatoms. The van der Waals surface area contributed by atoms with Crippen molar-refractivity contribution in [2.45, 2.75) is 6.42 Å². The molecule has 3 rings (SSSR count). The van der Waals surface area contributed by atoms with Gasteiger partial charge in [-0.05, 0) is 36.4 Å². The summed E-state index contributed by atoms with van der Waals surface area (Å²) in [4.78, 5) is 16.3. The fourth-order valence-corrected chi connectivity index (χ4v) is 2.38. The Morgan fingerprint density at radius 1 is 1.15 bits per heavy atom. The maximum absolute atomic E-state index is 13.1. The molecule has 5 nitrogen and oxygen atoms in total. The molecule has 0 saturated carbocycles. The number of methoxy groups -OCH3 is 1. The highest BCUT2D eigenvalue weighted by Gasteiger charge is 2.10. The van der Waals surface area contributed by atoms with E-state index < -0.39 is 17.5 Å². The smallest absolute Gasteiger partial charge is 0.251 e. The zero-order chi connectivity index (χ0) is 18.5. The summed E-state index contributed by atoms with van der Waals surface area (Å²) in [5.41, 5.74) is 1.39. The number of halogens is 2. The van der Waals surface area contributed by atoms with Gasteiger partial charge in [0, 0.05) is 30.2 Å². The summed E-state index contributed by atoms with van der Waals surface area (Å²) in [6.45, 7) is 0.256. The molecule has 0 aliphatic carbocycles. The zero-order valence-corrected chi connectivity index (χ0v) is 14.0. The maximum atomic E-state index is 13.1. The lowest BCUT2D eigenvalue weighted by atomic mass is 10.2. The van der Waals surface area contributed by atoms with Crippen LogP contribution < -0.4 is 10.1 Å². The minimum Gasteiger partial charge on any atom is -0.497 e. The number of nitrogens with zero attached hydrogens (tertiary/aromatic N) is 1. The highest BCUT2D eigenvalue weighted by Crippen LogP contribution is 2.21. The number of aromatic nitrogens is 1. The molecule has 0 bridgehead atoms. The van der Waals surface area contributed by atoms with Crippen LogP contribution in [0.4, 0.5) is 8.78 Å². The molecule has 0 saturated heterocycles. The van der Waals surface area contributed by atoms with Crippen LogP contribution in [-0.4, -0.2) is 24.5 Å². The van der Waals surface area contributed by atoms with Crippen LogP contribution in [0, 0.1) is 11.6 Å². The molecule has 0 spiro atoms. The lowest BCUT2D eigenvalue weighted by Gasteiger charge is -2.04. The molecule has 0 atom stereocenters. The Kier molecular flexibility index (Phi) is 5.26. The van der Waals surface area contributed by atoms with Gasteiger partial charge in [-0.15, -0.1) is 0 Å². The number of hydrogen-bond donors (Lipinski definition) is 1. The summed E-state index contributed by atoms with van der Waals surface area (Å²) in [5.74, 6) is -0.952. The average molecular weight is 358 g/mol. The summed E-state index contributed by atoms with van der Waals surface area (Å²) < 4.78 is 36.8. The molecule has 0 aliphatic heterocycles. The van der Waals surface area contributed by atoms with Crippen molar-refractivity contribution in [3.63, 3.8) is 0 Å². The van der Waals surface area contributed by atoms with Crippen LogP contribution >= 0.6 is 0 Å². The van der Waals surface area contributed by atoms with Crippen LogP contribution in [0.3, 0.4) is 0 Å². The lowest BCUT2D eigenvalue weighted by Crippen LogP contribution is -2.26. The second-order valence-electron chi connectivity index (χ2n) is 5.54. The average Bonchev–Trinajstić information content (AvgIpc) is 3.10. The van der Waals surface area contributed by atoms with Gasteiger partial charge in [0.15, 0.2) is 0 Å². The van der Waals surface area contributed by atoms with Gasteiger partial charge in [0.1, 0.15) is 23.6 Å². The molecule has 134 valence electrons. The van der Waals surface area contributed by atoms with Gasteiger partial charge in [-0.3, -0.25) is 4.79 Å². The second-order valence-corrected chi connectivity index (χ2v) is 5.54. The van der Waals surface area contributed by atoms with Gasteiger partial charge in [0.05, 0.1) is 12.8 Å². The molecule has 3 aromatic rings. The van der Waals surface area contributed by atoms with Crippen LogP contribution in [-0.2, 0) is 6.42 Å². The summed E-state index contributed by atoms with van der Waals surface area (Å²) in [5, 5.41) is 2.60. The van der Waals surface area contributed by atoms with Crippen molar-refractivity contribution in [1.29, 1.82) is 0 Å². The van der Waals surface area contributed by atoms with Crippen molar-refractivity contribution >= 4 is 5.91 Å². The van der Waals surface area contributed by atoms with Gasteiger partial charge in [-0.2, -0.15) is 0 Å². The third kappa shape index (κ3) is 4.24. The van der Waals surface area contributed by atoms with E-state index in [2.05, 4.69) is 10.3 Å². The first-order valence-corrected chi connectivity index (χ1v) is 7.88. The monoisotopic (exact) mass is 358 g/mol. The molecule has 0 aliphatic rings. The van der Waals surface area contributed by atoms with E-state index in [1.807, 2.05) is 12.1 Å². The van der Waals surface area contributed by atoms with Gasteiger partial charge in [0.25, 0.3) is 5.91 Å². The Balaban J connectivity index is 1.57. The Hall–Kier alpha value is -3.22. The van der Waals surface area contributed by atoms with Crippen molar-refractivity contribution in [2.75, 3.05) is 13.7 Å². The largest absolute Gasteiger partial charge is 0.497 e. The number of ether oxygens (including phenoxy) is 1. The van der Waals surface area contributed by atoms with E-state index in [0.717, 1.165) is 23.4 Å². The van der Waals surface area contributed by atoms with E-state index in [-0.39, 0.29) is 12.1 Å². The highest BCUT2D eigenvalue weighted by molar-refractivity contribution is 5.94. The molecule has 2 aromatic carbocycles. The van der Waals surface area contributed by atoms with E-state index in [0.29, 0.717) is 24.1 Å². The quantitative estimate of drug-likeness (QED) is 0.731. The minimum absolute atomic E-state index is 0.0680. The van der Waals surface area contributed by atoms with Crippen LogP contribution in [0.2, 0.25) is 0 Å². The van der Waals surface area contributed by atoms with Gasteiger partial charge >= 0.3 is 0 Å². The molecule has 0 unspecified atom stereocenters. The summed E-state index contributed by atoms with van der Waals surface area (Å²) in [6, 6.07) is 9.94. The Bertz CT molecular complexity index is 887. The highest BCUT2D eigenvalue weighted by atomic mass is 19.1. The SMILES string of the molecule is COc1ccc(-c2nc(CCNC(=O)c3cc(F)cc(F)c3)co2)cc1. The minimum atomic E-state index is -0.796. The molecule has 1 N–H and O–H groups in total. The van der Waals surface area contributed by atoms with E-state index in [4.69, 9.17) is 9.15 Å². The molecule has 26 heavy (non-hydrogen) atoms. The number of oxazole rings is 1. The van der Waals surface area contributed by atoms with E-state index in [1.54, 1.807) is 19.2 Å². The first kappa shape index (κ1) is 17.6. The van der Waals surface area contributed by atoms with Gasteiger partial charge < -0.3 is 14.5 Å². The predicted octanol–water partition coefficient (Wildman–Crippen LogP) is 3.60. The van der Waals surface area contributed by atoms with Gasteiger partial charge in [-0.1, -0.05) is 0 Å². The van der Waals surface area contributed by atoms with Crippen molar-refractivity contribution in [3.8, 4) is 17.2 Å². The number of amides is 1. The van der Waals surface area contributed by atoms with E-state index in [9.17, 15) is 13.6 Å². The predicted molar refractivity (Wildman–Crippen MR) is 90.9 cm³/mol. The van der Waals surface area contributed by atoms with Crippen LogP contribution in [0.15, 0.2) is 53.1 Å². The van der Waals surface area contributed by atoms with Crippen LogP contribution in [0.5, 0.6) is 5.75 Å². The first-order chi connectivity index (χ1) is 12.5. The third-order valence-electron chi connectivity index (χ3n) is 3.68. The van der Waals surface area contributed by atoms with Crippen molar-refractivity contribution in [3.05, 3.63) is 71.6 Å². The van der Waals surface area contributed by atoms with Gasteiger partial charge in [0.2, 0.25) is 5.89 Å². The Morgan fingerprint density at radius 3 is 2.50 bits per heavy atom. The van der Waals surface area contributed by atoms with Crippen molar-refractivity contribution < 1.29 is 22.7 Å². The lowest BCUT2D eigenvalue weighted by molar-refractivity contribution is 0.0953. The molecular formula is C19H16F2N2O3. The molecule has 0 fully saturated rings. The van der Waals surface area contributed by atoms with Gasteiger partial charge in [-0.25, -0.2) is 13.8 Å². The van der Waals surface area contributed by atoms with Crippen molar-refractivity contribution in [2.24, 2.45) is 0 Å². The molecule has 1 amide bonds. The molecule has 0 radical (unpaired) electrons. The standard InChI is InChI=1S/C19H16F2N2O3/c1-25-17-4-2-12(3-5-17)19-23-16(11-26-19)6-7-22-18(24)13-8-14(20)10-15(21)9-13/h2-5,8-11H,6-7H2,1H3,(H,22,24). The topological polar surface area (TPSA) is 64.4 Å². The second kappa shape index (κ2) is 7.77. The Morgan fingerprint density at radius 2 is 1.85 bits per heavy atom. The van der Waals surface area contributed by atoms with Crippen molar-refractivity contribution in [1.82, 2.24) is 10.3 Å². The van der Waals surface area contributed by atoms with Crippen LogP contribution in [0.25, 0.3) is 11.5 Å². The first-order valence-electron chi connectivity index (χ1n) is 7.88. The summed E-state index contributed by atoms with van der Waals surface area (Å²) in [6.07, 6.45) is 1.93. The number of nitrogens with one attached hydrogen (secondary N) is 1. The number of carbonyl (C=O) groups excluding carboxylic acids is 1. The molecule has 1 aromatic heterocycles. The van der Waals surface area contributed by atoms with Crippen LogP contribution in [0.1, 0.15) is 16.1 Å². The molecule has 1 heterocycles. The Labute approximate surface area is 148 Å². The van der Waals surface area contributed by atoms with E-state index in [1.165, 1.54) is 6.26 Å². The summed E-state index contributed by atoms with van der Waals surface area (Å²) in [7, 11) is 1.59. The number of benzene rings is 2. The fourth-order valence-electron chi connectivity index (χ4n) is 2.38. The zero-order valence-electron chi connectivity index (χ0n) is 14.0. The number of hydrogen-bond acceptors (Lipinski definition) is 4. The summed E-state index contributed by atoms with van der Waals surface area (Å²) >= 11 is 0. The number of carbonyl (C=O) groups is 1.